The van der Waals surface area contributed by atoms with E-state index in [4.69, 9.17) is 10.6 Å². The van der Waals surface area contributed by atoms with E-state index in [2.05, 4.69) is 52.3 Å². The van der Waals surface area contributed by atoms with Crippen molar-refractivity contribution in [2.24, 2.45) is 11.8 Å². The first kappa shape index (κ1) is 13.3. The van der Waals surface area contributed by atoms with Crippen LogP contribution in [0.1, 0.15) is 30.9 Å². The van der Waals surface area contributed by atoms with Gasteiger partial charge in [-0.2, -0.15) is 0 Å². The summed E-state index contributed by atoms with van der Waals surface area (Å²) in [4.78, 5) is 0. The highest BCUT2D eigenvalue weighted by atomic mass is 127. The molecule has 1 aromatic carbocycles. The zero-order valence-corrected chi connectivity index (χ0v) is 12.0. The number of ether oxygens (including phenoxy) is 1. The summed E-state index contributed by atoms with van der Waals surface area (Å²) in [6.45, 7) is 1.79. The quantitative estimate of drug-likeness (QED) is 0.501. The molecule has 1 atom stereocenters. The molecule has 1 aliphatic heterocycles. The zero-order valence-electron chi connectivity index (χ0n) is 9.86. The molecule has 1 unspecified atom stereocenters. The molecule has 2 rings (SSSR count). The summed E-state index contributed by atoms with van der Waals surface area (Å²) in [5.74, 6) is 6.41. The molecule has 4 heteroatoms. The van der Waals surface area contributed by atoms with Gasteiger partial charge in [0.1, 0.15) is 0 Å². The third-order valence-electron chi connectivity index (χ3n) is 3.36. The van der Waals surface area contributed by atoms with Crippen LogP contribution in [0.2, 0.25) is 0 Å². The Morgan fingerprint density at radius 2 is 2.18 bits per heavy atom. The lowest BCUT2D eigenvalue weighted by Crippen LogP contribution is -2.31. The van der Waals surface area contributed by atoms with Crippen LogP contribution in [0.5, 0.6) is 0 Å². The van der Waals surface area contributed by atoms with Gasteiger partial charge >= 0.3 is 0 Å². The number of benzene rings is 1. The molecule has 3 N–H and O–H groups in total. The van der Waals surface area contributed by atoms with Gasteiger partial charge < -0.3 is 4.74 Å². The molecule has 0 spiro atoms. The Morgan fingerprint density at radius 3 is 2.82 bits per heavy atom. The Kier molecular flexibility index (Phi) is 5.21. The van der Waals surface area contributed by atoms with Gasteiger partial charge in [-0.3, -0.25) is 11.3 Å². The molecule has 1 aliphatic rings. The summed E-state index contributed by atoms with van der Waals surface area (Å²) in [5.41, 5.74) is 4.23. The van der Waals surface area contributed by atoms with Crippen LogP contribution in [0.3, 0.4) is 0 Å². The predicted molar refractivity (Wildman–Crippen MR) is 77.4 cm³/mol. The highest BCUT2D eigenvalue weighted by Crippen LogP contribution is 2.27. The maximum atomic E-state index is 5.69. The molecule has 0 radical (unpaired) electrons. The van der Waals surface area contributed by atoms with Crippen LogP contribution in [-0.2, 0) is 4.74 Å². The smallest absolute Gasteiger partial charge is 0.0468 e. The minimum atomic E-state index is 0.257. The first-order valence-electron chi connectivity index (χ1n) is 6.09. The summed E-state index contributed by atoms with van der Waals surface area (Å²) in [5, 5.41) is 0. The fourth-order valence-corrected chi connectivity index (χ4v) is 2.91. The number of hydrogen-bond acceptors (Lipinski definition) is 3. The molecule has 94 valence electrons. The van der Waals surface area contributed by atoms with E-state index >= 15 is 0 Å². The van der Waals surface area contributed by atoms with Crippen molar-refractivity contribution in [3.8, 4) is 0 Å². The van der Waals surface area contributed by atoms with E-state index in [1.54, 1.807) is 0 Å². The van der Waals surface area contributed by atoms with Crippen LogP contribution < -0.4 is 11.3 Å². The highest BCUT2D eigenvalue weighted by Gasteiger charge is 2.19. The Hall–Kier alpha value is -0.170. The lowest BCUT2D eigenvalue weighted by atomic mass is 9.90. The van der Waals surface area contributed by atoms with Gasteiger partial charge in [0, 0.05) is 22.8 Å². The third kappa shape index (κ3) is 3.91. The molecule has 1 saturated heterocycles. The summed E-state index contributed by atoms with van der Waals surface area (Å²) in [7, 11) is 0. The van der Waals surface area contributed by atoms with Gasteiger partial charge in [-0.25, -0.2) is 0 Å². The van der Waals surface area contributed by atoms with Gasteiger partial charge in [-0.15, -0.1) is 0 Å². The summed E-state index contributed by atoms with van der Waals surface area (Å²) in [6.07, 6.45) is 3.41. The second-order valence-corrected chi connectivity index (χ2v) is 5.81. The number of nitrogens with one attached hydrogen (secondary N) is 1. The van der Waals surface area contributed by atoms with Crippen molar-refractivity contribution in [1.82, 2.24) is 5.43 Å². The number of rotatable bonds is 4. The average Bonchev–Trinajstić information content (AvgIpc) is 2.37. The molecule has 0 bridgehead atoms. The SMILES string of the molecule is NNC(CC1CCOCC1)c1cccc(I)c1. The van der Waals surface area contributed by atoms with E-state index in [1.807, 2.05) is 0 Å². The summed E-state index contributed by atoms with van der Waals surface area (Å²) >= 11 is 2.34. The van der Waals surface area contributed by atoms with E-state index in [0.717, 1.165) is 38.4 Å². The van der Waals surface area contributed by atoms with Crippen molar-refractivity contribution >= 4 is 22.6 Å². The monoisotopic (exact) mass is 346 g/mol. The molecular weight excluding hydrogens is 327 g/mol. The predicted octanol–water partition coefficient (Wildman–Crippen LogP) is 2.61. The largest absolute Gasteiger partial charge is 0.381 e. The molecule has 1 heterocycles. The Bertz CT molecular complexity index is 353. The van der Waals surface area contributed by atoms with Crippen LogP contribution in [0, 0.1) is 9.49 Å². The Balaban J connectivity index is 2.00. The molecule has 0 aliphatic carbocycles. The summed E-state index contributed by atoms with van der Waals surface area (Å²) < 4.78 is 6.64. The van der Waals surface area contributed by atoms with Gasteiger partial charge in [0.05, 0.1) is 0 Å². The van der Waals surface area contributed by atoms with Gasteiger partial charge in [-0.05, 0) is 65.5 Å². The normalized spacial score (nSPS) is 19.2. The maximum absolute atomic E-state index is 5.69. The minimum Gasteiger partial charge on any atom is -0.381 e. The molecule has 0 aromatic heterocycles. The number of halogens is 1. The summed E-state index contributed by atoms with van der Waals surface area (Å²) in [6, 6.07) is 8.79. The first-order chi connectivity index (χ1) is 8.29. The van der Waals surface area contributed by atoms with E-state index in [1.165, 1.54) is 9.13 Å². The van der Waals surface area contributed by atoms with E-state index in [0.29, 0.717) is 0 Å². The Morgan fingerprint density at radius 1 is 1.41 bits per heavy atom. The Labute approximate surface area is 116 Å². The number of hydrazine groups is 1. The average molecular weight is 346 g/mol. The van der Waals surface area contributed by atoms with Crippen LogP contribution in [0.25, 0.3) is 0 Å². The lowest BCUT2D eigenvalue weighted by Gasteiger charge is -2.26. The van der Waals surface area contributed by atoms with Gasteiger partial charge in [0.15, 0.2) is 0 Å². The molecular formula is C13H19IN2O. The van der Waals surface area contributed by atoms with Crippen molar-refractivity contribution in [3.05, 3.63) is 33.4 Å². The fraction of sp³-hybridized carbons (Fsp3) is 0.538. The molecule has 1 aromatic rings. The standard InChI is InChI=1S/C13H19IN2O/c14-12-3-1-2-11(9-12)13(16-15)8-10-4-6-17-7-5-10/h1-3,9-10,13,16H,4-8,15H2. The molecule has 17 heavy (non-hydrogen) atoms. The van der Waals surface area contributed by atoms with Crippen molar-refractivity contribution in [1.29, 1.82) is 0 Å². The van der Waals surface area contributed by atoms with Crippen molar-refractivity contribution in [2.45, 2.75) is 25.3 Å². The number of nitrogens with two attached hydrogens (primary N) is 1. The zero-order chi connectivity index (χ0) is 12.1. The topological polar surface area (TPSA) is 47.3 Å². The molecule has 0 saturated carbocycles. The van der Waals surface area contributed by atoms with Gasteiger partial charge in [0.25, 0.3) is 0 Å². The number of hydrogen-bond donors (Lipinski definition) is 2. The molecule has 1 fully saturated rings. The van der Waals surface area contributed by atoms with Crippen molar-refractivity contribution < 1.29 is 4.74 Å². The van der Waals surface area contributed by atoms with Crippen LogP contribution in [-0.4, -0.2) is 13.2 Å². The highest BCUT2D eigenvalue weighted by molar-refractivity contribution is 14.1. The van der Waals surface area contributed by atoms with Crippen molar-refractivity contribution in [2.75, 3.05) is 13.2 Å². The second-order valence-electron chi connectivity index (χ2n) is 4.57. The second kappa shape index (κ2) is 6.68. The van der Waals surface area contributed by atoms with E-state index < -0.39 is 0 Å². The maximum Gasteiger partial charge on any atom is 0.0468 e. The first-order valence-corrected chi connectivity index (χ1v) is 7.17. The van der Waals surface area contributed by atoms with E-state index in [-0.39, 0.29) is 6.04 Å². The van der Waals surface area contributed by atoms with Crippen molar-refractivity contribution in [3.63, 3.8) is 0 Å². The van der Waals surface area contributed by atoms with Crippen LogP contribution in [0.4, 0.5) is 0 Å². The van der Waals surface area contributed by atoms with Crippen LogP contribution >= 0.6 is 22.6 Å². The molecule has 0 amide bonds. The van der Waals surface area contributed by atoms with Gasteiger partial charge in [0.2, 0.25) is 0 Å². The lowest BCUT2D eigenvalue weighted by molar-refractivity contribution is 0.0605. The fourth-order valence-electron chi connectivity index (χ4n) is 2.34. The third-order valence-corrected chi connectivity index (χ3v) is 4.03. The van der Waals surface area contributed by atoms with Gasteiger partial charge in [-0.1, -0.05) is 12.1 Å². The minimum absolute atomic E-state index is 0.257. The molecule has 3 nitrogen and oxygen atoms in total. The van der Waals surface area contributed by atoms with Crippen LogP contribution in [0.15, 0.2) is 24.3 Å². The van der Waals surface area contributed by atoms with E-state index in [9.17, 15) is 0 Å².